The Bertz CT molecular complexity index is 973. The predicted octanol–water partition coefficient (Wildman–Crippen LogP) is 1.52. The van der Waals surface area contributed by atoms with Gasteiger partial charge in [-0.05, 0) is 49.6 Å². The van der Waals surface area contributed by atoms with Gasteiger partial charge in [0.25, 0.3) is 5.91 Å². The van der Waals surface area contributed by atoms with Crippen molar-refractivity contribution in [2.75, 3.05) is 19.6 Å². The van der Waals surface area contributed by atoms with E-state index >= 15 is 0 Å². The van der Waals surface area contributed by atoms with Crippen molar-refractivity contribution in [3.63, 3.8) is 0 Å². The molecule has 1 saturated heterocycles. The molecule has 1 amide bonds. The van der Waals surface area contributed by atoms with Crippen molar-refractivity contribution in [3.8, 4) is 5.75 Å². The molecule has 1 fully saturated rings. The molecule has 2 aromatic rings. The summed E-state index contributed by atoms with van der Waals surface area (Å²) in [5, 5.41) is 2.75. The number of amides is 1. The van der Waals surface area contributed by atoms with Gasteiger partial charge in [0, 0.05) is 24.3 Å². The Balaban J connectivity index is 1.50. The van der Waals surface area contributed by atoms with Crippen LogP contribution in [0.15, 0.2) is 41.4 Å². The van der Waals surface area contributed by atoms with Gasteiger partial charge in [-0.3, -0.25) is 9.78 Å². The van der Waals surface area contributed by atoms with Crippen molar-refractivity contribution in [1.82, 2.24) is 14.6 Å². The largest absolute Gasteiger partial charge is 0.487 e. The van der Waals surface area contributed by atoms with E-state index in [1.807, 2.05) is 19.1 Å². The summed E-state index contributed by atoms with van der Waals surface area (Å²) in [5.74, 6) is 0.415. The summed E-state index contributed by atoms with van der Waals surface area (Å²) in [7, 11) is -3.67. The maximum Gasteiger partial charge on any atom is 0.251 e. The average Bonchev–Trinajstić information content (AvgIpc) is 3.13. The van der Waals surface area contributed by atoms with Crippen LogP contribution in [-0.2, 0) is 16.4 Å². The van der Waals surface area contributed by atoms with Crippen LogP contribution in [0.3, 0.4) is 0 Å². The number of hydrogen-bond donors (Lipinski definition) is 1. The van der Waals surface area contributed by atoms with Crippen molar-refractivity contribution in [2.24, 2.45) is 0 Å². The maximum atomic E-state index is 13.0. The van der Waals surface area contributed by atoms with Crippen LogP contribution in [0.4, 0.5) is 0 Å². The Kier molecular flexibility index (Phi) is 4.61. The van der Waals surface area contributed by atoms with Gasteiger partial charge in [-0.15, -0.1) is 0 Å². The number of sulfonamides is 1. The quantitative estimate of drug-likeness (QED) is 0.859. The number of nitrogens with one attached hydrogen (secondary N) is 1. The molecule has 1 aromatic heterocycles. The first-order valence-corrected chi connectivity index (χ1v) is 10.4. The van der Waals surface area contributed by atoms with Crippen LogP contribution in [0, 0.1) is 6.92 Å². The second-order valence-electron chi connectivity index (χ2n) is 6.85. The predicted molar refractivity (Wildman–Crippen MR) is 99.2 cm³/mol. The number of benzene rings is 1. The molecule has 0 bridgehead atoms. The van der Waals surface area contributed by atoms with Crippen LogP contribution in [0.5, 0.6) is 5.75 Å². The van der Waals surface area contributed by atoms with Crippen molar-refractivity contribution in [3.05, 3.63) is 53.3 Å². The Labute approximate surface area is 158 Å². The number of rotatable bonds is 4. The van der Waals surface area contributed by atoms with Crippen molar-refractivity contribution in [2.45, 2.75) is 30.8 Å². The third kappa shape index (κ3) is 3.54. The van der Waals surface area contributed by atoms with Gasteiger partial charge in [0.05, 0.1) is 17.6 Å². The zero-order chi connectivity index (χ0) is 19.0. The molecule has 142 valence electrons. The lowest BCUT2D eigenvalue weighted by Gasteiger charge is -2.20. The SMILES string of the molecule is Cc1ccc(O[C@@H]2CCN(S(=O)(=O)c3ccc4c(c3)C(=O)NCC4)C2)cn1. The molecule has 0 unspecified atom stereocenters. The Morgan fingerprint density at radius 2 is 2.11 bits per heavy atom. The molecule has 7 nitrogen and oxygen atoms in total. The van der Waals surface area contributed by atoms with Crippen LogP contribution < -0.4 is 10.1 Å². The number of fused-ring (bicyclic) bond motifs is 1. The van der Waals surface area contributed by atoms with Gasteiger partial charge >= 0.3 is 0 Å². The third-order valence-corrected chi connectivity index (χ3v) is 6.80. The number of carbonyl (C=O) groups is 1. The van der Waals surface area contributed by atoms with E-state index in [4.69, 9.17) is 4.74 Å². The van der Waals surface area contributed by atoms with Crippen LogP contribution >= 0.6 is 0 Å². The van der Waals surface area contributed by atoms with E-state index in [1.54, 1.807) is 18.3 Å². The van der Waals surface area contributed by atoms with Crippen molar-refractivity contribution in [1.29, 1.82) is 0 Å². The second kappa shape index (κ2) is 6.94. The van der Waals surface area contributed by atoms with Gasteiger partial charge in [-0.25, -0.2) is 8.42 Å². The van der Waals surface area contributed by atoms with E-state index < -0.39 is 10.0 Å². The maximum absolute atomic E-state index is 13.0. The zero-order valence-corrected chi connectivity index (χ0v) is 15.8. The van der Waals surface area contributed by atoms with Crippen LogP contribution in [-0.4, -0.2) is 49.4 Å². The highest BCUT2D eigenvalue weighted by Crippen LogP contribution is 2.26. The van der Waals surface area contributed by atoms with Gasteiger partial charge < -0.3 is 10.1 Å². The first-order valence-electron chi connectivity index (χ1n) is 8.94. The molecule has 3 heterocycles. The Hall–Kier alpha value is -2.45. The van der Waals surface area contributed by atoms with Crippen LogP contribution in [0.2, 0.25) is 0 Å². The number of nitrogens with zero attached hydrogens (tertiary/aromatic N) is 2. The normalized spacial score (nSPS) is 20.2. The Morgan fingerprint density at radius 3 is 2.89 bits per heavy atom. The molecule has 1 N–H and O–H groups in total. The summed E-state index contributed by atoms with van der Waals surface area (Å²) in [4.78, 5) is 16.4. The van der Waals surface area contributed by atoms with E-state index in [2.05, 4.69) is 10.3 Å². The molecule has 8 heteroatoms. The number of pyridine rings is 1. The van der Waals surface area contributed by atoms with Gasteiger partial charge in [0.1, 0.15) is 11.9 Å². The van der Waals surface area contributed by atoms with Crippen LogP contribution in [0.25, 0.3) is 0 Å². The van der Waals surface area contributed by atoms with Gasteiger partial charge in [0.15, 0.2) is 0 Å². The lowest BCUT2D eigenvalue weighted by Crippen LogP contribution is -2.33. The van der Waals surface area contributed by atoms with Crippen LogP contribution in [0.1, 0.15) is 28.0 Å². The monoisotopic (exact) mass is 387 g/mol. The van der Waals surface area contributed by atoms with Gasteiger partial charge in [0.2, 0.25) is 10.0 Å². The minimum Gasteiger partial charge on any atom is -0.487 e. The second-order valence-corrected chi connectivity index (χ2v) is 8.79. The fraction of sp³-hybridized carbons (Fsp3) is 0.368. The first-order chi connectivity index (χ1) is 12.9. The fourth-order valence-corrected chi connectivity index (χ4v) is 4.94. The molecular weight excluding hydrogens is 366 g/mol. The van der Waals surface area contributed by atoms with E-state index in [-0.39, 0.29) is 23.5 Å². The van der Waals surface area contributed by atoms with Crippen molar-refractivity contribution >= 4 is 15.9 Å². The summed E-state index contributed by atoms with van der Waals surface area (Å²) < 4.78 is 33.3. The first kappa shape index (κ1) is 17.9. The smallest absolute Gasteiger partial charge is 0.251 e. The molecule has 27 heavy (non-hydrogen) atoms. The molecule has 4 rings (SSSR count). The molecule has 0 spiro atoms. The fourth-order valence-electron chi connectivity index (χ4n) is 3.43. The molecule has 0 saturated carbocycles. The number of carbonyl (C=O) groups excluding carboxylic acids is 1. The summed E-state index contributed by atoms with van der Waals surface area (Å²) in [6.07, 6.45) is 2.75. The summed E-state index contributed by atoms with van der Waals surface area (Å²) >= 11 is 0. The summed E-state index contributed by atoms with van der Waals surface area (Å²) in [6.45, 7) is 3.14. The Morgan fingerprint density at radius 1 is 1.26 bits per heavy atom. The lowest BCUT2D eigenvalue weighted by atomic mass is 10.0. The highest BCUT2D eigenvalue weighted by Gasteiger charge is 2.34. The summed E-state index contributed by atoms with van der Waals surface area (Å²) in [6, 6.07) is 8.50. The van der Waals surface area contributed by atoms with E-state index in [0.717, 1.165) is 11.3 Å². The molecule has 0 radical (unpaired) electrons. The molecule has 1 aromatic carbocycles. The highest BCUT2D eigenvalue weighted by molar-refractivity contribution is 7.89. The van der Waals surface area contributed by atoms with Gasteiger partial charge in [-0.1, -0.05) is 6.07 Å². The zero-order valence-electron chi connectivity index (χ0n) is 15.0. The summed E-state index contributed by atoms with van der Waals surface area (Å²) in [5.41, 5.74) is 2.22. The lowest BCUT2D eigenvalue weighted by molar-refractivity contribution is 0.0945. The van der Waals surface area contributed by atoms with E-state index in [9.17, 15) is 13.2 Å². The molecular formula is C19H21N3O4S. The van der Waals surface area contributed by atoms with E-state index in [1.165, 1.54) is 10.4 Å². The number of ether oxygens (including phenoxy) is 1. The minimum absolute atomic E-state index is 0.149. The topological polar surface area (TPSA) is 88.6 Å². The highest BCUT2D eigenvalue weighted by atomic mass is 32.2. The van der Waals surface area contributed by atoms with Crippen molar-refractivity contribution < 1.29 is 17.9 Å². The standard InChI is InChI=1S/C19H21N3O4S/c1-13-2-4-15(11-21-13)26-16-7-9-22(12-16)27(24,25)17-5-3-14-6-8-20-19(23)18(14)10-17/h2-5,10-11,16H,6-9,12H2,1H3,(H,20,23)/t16-/m1/s1. The minimum atomic E-state index is -3.67. The number of aromatic nitrogens is 1. The third-order valence-electron chi connectivity index (χ3n) is 4.94. The molecule has 0 aliphatic carbocycles. The molecule has 2 aliphatic rings. The van der Waals surface area contributed by atoms with Gasteiger partial charge in [-0.2, -0.15) is 4.31 Å². The number of aryl methyl sites for hydroxylation is 1. The molecule has 1 atom stereocenters. The number of hydrogen-bond acceptors (Lipinski definition) is 5. The molecule has 2 aliphatic heterocycles. The average molecular weight is 387 g/mol. The van der Waals surface area contributed by atoms with E-state index in [0.29, 0.717) is 37.2 Å².